The van der Waals surface area contributed by atoms with Crippen molar-refractivity contribution in [2.75, 3.05) is 20.2 Å². The Labute approximate surface area is 138 Å². The zero-order valence-corrected chi connectivity index (χ0v) is 14.0. The Morgan fingerprint density at radius 2 is 2.13 bits per heavy atom. The predicted molar refractivity (Wildman–Crippen MR) is 90.1 cm³/mol. The number of likely N-dealkylation sites (tertiary alicyclic amines) is 1. The van der Waals surface area contributed by atoms with Gasteiger partial charge in [0.15, 0.2) is 0 Å². The van der Waals surface area contributed by atoms with Crippen LogP contribution in [-0.4, -0.2) is 36.6 Å². The summed E-state index contributed by atoms with van der Waals surface area (Å²) in [7, 11) is 1.67. The van der Waals surface area contributed by atoms with Crippen molar-refractivity contribution in [1.82, 2.24) is 4.90 Å². The van der Waals surface area contributed by atoms with Gasteiger partial charge in [0.1, 0.15) is 11.4 Å². The molecule has 1 unspecified atom stereocenters. The maximum absolute atomic E-state index is 12.2. The number of methoxy groups -OCH3 is 1. The molecule has 0 aromatic heterocycles. The Hall–Kier alpha value is -1.97. The smallest absolute Gasteiger partial charge is 0.222 e. The highest BCUT2D eigenvalue weighted by Crippen LogP contribution is 2.40. The van der Waals surface area contributed by atoms with Crippen LogP contribution in [0.3, 0.4) is 0 Å². The van der Waals surface area contributed by atoms with E-state index >= 15 is 0 Å². The van der Waals surface area contributed by atoms with Crippen LogP contribution in [-0.2, 0) is 9.53 Å². The van der Waals surface area contributed by atoms with Crippen LogP contribution in [0.2, 0.25) is 0 Å². The number of carbonyl (C=O) groups excluding carboxylic acids is 1. The zero-order valence-electron chi connectivity index (χ0n) is 14.0. The summed E-state index contributed by atoms with van der Waals surface area (Å²) < 4.78 is 11.3. The zero-order chi connectivity index (χ0) is 16.3. The quantitative estimate of drug-likeness (QED) is 0.852. The van der Waals surface area contributed by atoms with E-state index in [1.54, 1.807) is 7.11 Å². The first kappa shape index (κ1) is 15.9. The number of nitrogens with zero attached hydrogens (tertiary/aromatic N) is 1. The van der Waals surface area contributed by atoms with Gasteiger partial charge in [0.2, 0.25) is 5.91 Å². The Balaban J connectivity index is 1.68. The van der Waals surface area contributed by atoms with E-state index in [-0.39, 0.29) is 11.5 Å². The fourth-order valence-electron chi connectivity index (χ4n) is 3.53. The largest absolute Gasteiger partial charge is 0.497 e. The summed E-state index contributed by atoms with van der Waals surface area (Å²) in [4.78, 5) is 14.2. The topological polar surface area (TPSA) is 38.8 Å². The average Bonchev–Trinajstić information content (AvgIpc) is 2.98. The highest BCUT2D eigenvalue weighted by Gasteiger charge is 2.42. The lowest BCUT2D eigenvalue weighted by molar-refractivity contribution is -0.137. The van der Waals surface area contributed by atoms with Crippen LogP contribution < -0.4 is 4.74 Å². The van der Waals surface area contributed by atoms with E-state index < -0.39 is 0 Å². The highest BCUT2D eigenvalue weighted by atomic mass is 16.5. The molecule has 1 atom stereocenters. The standard InChI is InChI=1S/C19H25NO3/c1-3-5-18(21)20-11-4-10-19(14-20)12-16(13-23-19)15-6-8-17(22-2)9-7-15/h6-9,13H,3-5,10-12,14H2,1-2H3. The third-order valence-electron chi connectivity index (χ3n) is 4.78. The Morgan fingerprint density at radius 3 is 2.83 bits per heavy atom. The van der Waals surface area contributed by atoms with Crippen LogP contribution in [0.15, 0.2) is 30.5 Å². The van der Waals surface area contributed by atoms with Crippen molar-refractivity contribution in [3.8, 4) is 5.75 Å². The molecule has 1 aromatic carbocycles. The first-order valence-corrected chi connectivity index (χ1v) is 8.45. The van der Waals surface area contributed by atoms with Gasteiger partial charge >= 0.3 is 0 Å². The molecule has 1 spiro atoms. The molecular weight excluding hydrogens is 290 g/mol. The number of hydrogen-bond acceptors (Lipinski definition) is 3. The van der Waals surface area contributed by atoms with Crippen LogP contribution >= 0.6 is 0 Å². The lowest BCUT2D eigenvalue weighted by Gasteiger charge is -2.39. The summed E-state index contributed by atoms with van der Waals surface area (Å²) in [5.41, 5.74) is 2.15. The Bertz CT molecular complexity index is 593. The SMILES string of the molecule is CCCC(=O)N1CCCC2(CC(c3ccc(OC)cc3)=CO2)C1. The van der Waals surface area contributed by atoms with Crippen molar-refractivity contribution in [3.05, 3.63) is 36.1 Å². The van der Waals surface area contributed by atoms with Gasteiger partial charge in [-0.2, -0.15) is 0 Å². The van der Waals surface area contributed by atoms with Crippen molar-refractivity contribution in [2.45, 2.75) is 44.6 Å². The number of benzene rings is 1. The molecule has 1 amide bonds. The Kier molecular flexibility index (Phi) is 4.60. The lowest BCUT2D eigenvalue weighted by atomic mass is 9.86. The summed E-state index contributed by atoms with van der Waals surface area (Å²) in [6.07, 6.45) is 6.32. The minimum Gasteiger partial charge on any atom is -0.497 e. The average molecular weight is 315 g/mol. The second kappa shape index (κ2) is 6.65. The van der Waals surface area contributed by atoms with Crippen LogP contribution in [0.5, 0.6) is 5.75 Å². The van der Waals surface area contributed by atoms with Gasteiger partial charge in [0, 0.05) is 19.4 Å². The van der Waals surface area contributed by atoms with Gasteiger partial charge in [-0.15, -0.1) is 0 Å². The molecule has 2 aliphatic rings. The van der Waals surface area contributed by atoms with E-state index in [4.69, 9.17) is 9.47 Å². The summed E-state index contributed by atoms with van der Waals surface area (Å²) in [5.74, 6) is 1.12. The molecule has 1 fully saturated rings. The normalized spacial score (nSPS) is 23.6. The number of amides is 1. The molecule has 1 aromatic rings. The predicted octanol–water partition coefficient (Wildman–Crippen LogP) is 3.62. The molecule has 0 N–H and O–H groups in total. The molecule has 0 saturated carbocycles. The number of carbonyl (C=O) groups is 1. The molecule has 2 heterocycles. The molecule has 0 bridgehead atoms. The molecule has 1 saturated heterocycles. The van der Waals surface area contributed by atoms with Crippen molar-refractivity contribution in [3.63, 3.8) is 0 Å². The molecule has 0 radical (unpaired) electrons. The Morgan fingerprint density at radius 1 is 1.35 bits per heavy atom. The van der Waals surface area contributed by atoms with E-state index in [1.165, 1.54) is 11.1 Å². The van der Waals surface area contributed by atoms with Crippen LogP contribution in [0, 0.1) is 0 Å². The van der Waals surface area contributed by atoms with Gasteiger partial charge in [-0.3, -0.25) is 4.79 Å². The summed E-state index contributed by atoms with van der Waals surface area (Å²) in [6.45, 7) is 3.62. The fraction of sp³-hybridized carbons (Fsp3) is 0.526. The van der Waals surface area contributed by atoms with Crippen molar-refractivity contribution < 1.29 is 14.3 Å². The fourth-order valence-corrected chi connectivity index (χ4v) is 3.53. The second-order valence-electron chi connectivity index (χ2n) is 6.52. The highest BCUT2D eigenvalue weighted by molar-refractivity contribution is 5.76. The minimum absolute atomic E-state index is 0.225. The van der Waals surface area contributed by atoms with E-state index in [9.17, 15) is 4.79 Å². The minimum atomic E-state index is -0.225. The lowest BCUT2D eigenvalue weighted by Crippen LogP contribution is -2.50. The number of rotatable bonds is 4. The van der Waals surface area contributed by atoms with Gasteiger partial charge in [-0.05, 0) is 42.5 Å². The number of ether oxygens (including phenoxy) is 2. The second-order valence-corrected chi connectivity index (χ2v) is 6.52. The molecule has 124 valence electrons. The van der Waals surface area contributed by atoms with Crippen LogP contribution in [0.1, 0.15) is 44.6 Å². The molecule has 0 aliphatic carbocycles. The first-order valence-electron chi connectivity index (χ1n) is 8.45. The molecule has 4 heteroatoms. The molecular formula is C19H25NO3. The van der Waals surface area contributed by atoms with Crippen LogP contribution in [0.25, 0.3) is 5.57 Å². The van der Waals surface area contributed by atoms with Gasteiger partial charge < -0.3 is 14.4 Å². The first-order chi connectivity index (χ1) is 11.2. The maximum atomic E-state index is 12.2. The van der Waals surface area contributed by atoms with Crippen molar-refractivity contribution >= 4 is 11.5 Å². The van der Waals surface area contributed by atoms with Crippen molar-refractivity contribution in [1.29, 1.82) is 0 Å². The van der Waals surface area contributed by atoms with E-state index in [0.29, 0.717) is 13.0 Å². The van der Waals surface area contributed by atoms with Gasteiger partial charge in [-0.1, -0.05) is 19.1 Å². The van der Waals surface area contributed by atoms with Gasteiger partial charge in [-0.25, -0.2) is 0 Å². The van der Waals surface area contributed by atoms with E-state index in [1.807, 2.05) is 30.2 Å². The van der Waals surface area contributed by atoms with E-state index in [0.717, 1.165) is 38.0 Å². The van der Waals surface area contributed by atoms with E-state index in [2.05, 4.69) is 12.1 Å². The summed E-state index contributed by atoms with van der Waals surface area (Å²) >= 11 is 0. The monoisotopic (exact) mass is 315 g/mol. The van der Waals surface area contributed by atoms with Crippen molar-refractivity contribution in [2.24, 2.45) is 0 Å². The van der Waals surface area contributed by atoms with Crippen LogP contribution in [0.4, 0.5) is 0 Å². The molecule has 4 nitrogen and oxygen atoms in total. The molecule has 3 rings (SSSR count). The molecule has 2 aliphatic heterocycles. The maximum Gasteiger partial charge on any atom is 0.222 e. The number of hydrogen-bond donors (Lipinski definition) is 0. The number of piperidine rings is 1. The third kappa shape index (κ3) is 3.36. The molecule has 23 heavy (non-hydrogen) atoms. The summed E-state index contributed by atoms with van der Waals surface area (Å²) in [6, 6.07) is 8.07. The summed E-state index contributed by atoms with van der Waals surface area (Å²) in [5, 5.41) is 0. The van der Waals surface area contributed by atoms with Gasteiger partial charge in [0.05, 0.1) is 19.9 Å². The van der Waals surface area contributed by atoms with Gasteiger partial charge in [0.25, 0.3) is 0 Å². The third-order valence-corrected chi connectivity index (χ3v) is 4.78.